The van der Waals surface area contributed by atoms with Crippen molar-refractivity contribution in [2.24, 2.45) is 0 Å². The zero-order chi connectivity index (χ0) is 19.9. The smallest absolute Gasteiger partial charge is 0.416 e. The minimum absolute atomic E-state index is 0.0487. The van der Waals surface area contributed by atoms with Gasteiger partial charge in [-0.25, -0.2) is 13.4 Å². The largest absolute Gasteiger partial charge is 0.472 e. The van der Waals surface area contributed by atoms with Gasteiger partial charge in [0.15, 0.2) is 0 Å². The molecule has 0 N–H and O–H groups in total. The lowest BCUT2D eigenvalue weighted by molar-refractivity contribution is -0.137. The first kappa shape index (κ1) is 18.7. The normalized spacial score (nSPS) is 16.1. The quantitative estimate of drug-likeness (QED) is 0.661. The van der Waals surface area contributed by atoms with E-state index < -0.39 is 27.9 Å². The van der Waals surface area contributed by atoms with Gasteiger partial charge < -0.3 is 4.74 Å². The summed E-state index contributed by atoms with van der Waals surface area (Å²) < 4.78 is 70.4. The standard InChI is InChI=1S/C19H15F3N2O3S/c20-19(21,22)14-5-3-6-16(10-14)28(25,26)24-11-15(12-24)27-18-9-8-13-4-1-2-7-17(13)23-18/h1-10,15H,11-12H2. The zero-order valence-corrected chi connectivity index (χ0v) is 15.2. The van der Waals surface area contributed by atoms with Crippen LogP contribution in [0.1, 0.15) is 5.56 Å². The molecule has 0 unspecified atom stereocenters. The molecule has 0 amide bonds. The minimum Gasteiger partial charge on any atom is -0.472 e. The van der Waals surface area contributed by atoms with Crippen LogP contribution in [0, 0.1) is 0 Å². The molecule has 2 heterocycles. The van der Waals surface area contributed by atoms with Crippen LogP contribution in [0.3, 0.4) is 0 Å². The van der Waals surface area contributed by atoms with Crippen molar-refractivity contribution in [3.05, 3.63) is 66.2 Å². The summed E-state index contributed by atoms with van der Waals surface area (Å²) in [5.41, 5.74) is -0.241. The van der Waals surface area contributed by atoms with E-state index in [0.29, 0.717) is 11.9 Å². The molecule has 3 aromatic rings. The number of hydrogen-bond acceptors (Lipinski definition) is 4. The number of aromatic nitrogens is 1. The maximum Gasteiger partial charge on any atom is 0.416 e. The molecule has 5 nitrogen and oxygen atoms in total. The summed E-state index contributed by atoms with van der Waals surface area (Å²) >= 11 is 0. The highest BCUT2D eigenvalue weighted by atomic mass is 32.2. The fraction of sp³-hybridized carbons (Fsp3) is 0.211. The zero-order valence-electron chi connectivity index (χ0n) is 14.4. The van der Waals surface area contributed by atoms with Crippen LogP contribution in [-0.4, -0.2) is 36.9 Å². The molecular weight excluding hydrogens is 393 g/mol. The first-order chi connectivity index (χ1) is 13.2. The van der Waals surface area contributed by atoms with E-state index >= 15 is 0 Å². The van der Waals surface area contributed by atoms with Gasteiger partial charge in [-0.15, -0.1) is 0 Å². The molecule has 1 aliphatic rings. The highest BCUT2D eigenvalue weighted by Crippen LogP contribution is 2.32. The summed E-state index contributed by atoms with van der Waals surface area (Å²) in [5.74, 6) is 0.375. The van der Waals surface area contributed by atoms with Gasteiger partial charge in [0, 0.05) is 11.5 Å². The molecule has 9 heteroatoms. The minimum atomic E-state index is -4.60. The molecule has 0 atom stereocenters. The third kappa shape index (κ3) is 3.55. The number of fused-ring (bicyclic) bond motifs is 1. The molecule has 0 saturated carbocycles. The number of halogens is 3. The van der Waals surface area contributed by atoms with Gasteiger partial charge >= 0.3 is 6.18 Å². The monoisotopic (exact) mass is 408 g/mol. The molecule has 1 aliphatic heterocycles. The number of hydrogen-bond donors (Lipinski definition) is 0. The molecule has 1 aromatic heterocycles. The van der Waals surface area contributed by atoms with Crippen molar-refractivity contribution in [3.63, 3.8) is 0 Å². The van der Waals surface area contributed by atoms with Gasteiger partial charge in [0.25, 0.3) is 0 Å². The van der Waals surface area contributed by atoms with Crippen LogP contribution in [0.15, 0.2) is 65.6 Å². The van der Waals surface area contributed by atoms with Crippen molar-refractivity contribution >= 4 is 20.9 Å². The van der Waals surface area contributed by atoms with Crippen LogP contribution in [0.25, 0.3) is 10.9 Å². The van der Waals surface area contributed by atoms with Crippen LogP contribution in [-0.2, 0) is 16.2 Å². The molecule has 0 bridgehead atoms. The predicted octanol–water partition coefficient (Wildman–Crippen LogP) is 3.71. The van der Waals surface area contributed by atoms with Gasteiger partial charge in [-0.2, -0.15) is 17.5 Å². The first-order valence-corrected chi connectivity index (χ1v) is 9.87. The third-order valence-corrected chi connectivity index (χ3v) is 6.30. The number of benzene rings is 2. The van der Waals surface area contributed by atoms with Gasteiger partial charge in [0.2, 0.25) is 15.9 Å². The van der Waals surface area contributed by atoms with E-state index in [0.717, 1.165) is 33.4 Å². The Morgan fingerprint density at radius 3 is 2.50 bits per heavy atom. The van der Waals surface area contributed by atoms with Crippen molar-refractivity contribution in [1.29, 1.82) is 0 Å². The third-order valence-electron chi connectivity index (χ3n) is 4.47. The lowest BCUT2D eigenvalue weighted by Gasteiger charge is -2.37. The van der Waals surface area contributed by atoms with Gasteiger partial charge in [-0.3, -0.25) is 0 Å². The Morgan fingerprint density at radius 2 is 1.75 bits per heavy atom. The highest BCUT2D eigenvalue weighted by Gasteiger charge is 2.39. The number of alkyl halides is 3. The predicted molar refractivity (Wildman–Crippen MR) is 96.4 cm³/mol. The van der Waals surface area contributed by atoms with E-state index in [1.54, 1.807) is 6.07 Å². The summed E-state index contributed by atoms with van der Waals surface area (Å²) in [7, 11) is -4.01. The molecule has 0 radical (unpaired) electrons. The van der Waals surface area contributed by atoms with E-state index in [2.05, 4.69) is 4.98 Å². The lowest BCUT2D eigenvalue weighted by Crippen LogP contribution is -2.56. The molecule has 1 fully saturated rings. The number of rotatable bonds is 4. The Morgan fingerprint density at radius 1 is 1.00 bits per heavy atom. The molecule has 1 saturated heterocycles. The fourth-order valence-electron chi connectivity index (χ4n) is 2.94. The lowest BCUT2D eigenvalue weighted by atomic mass is 10.2. The summed E-state index contributed by atoms with van der Waals surface area (Å²) in [6.45, 7) is 0.0974. The average molecular weight is 408 g/mol. The van der Waals surface area contributed by atoms with Gasteiger partial charge in [-0.05, 0) is 30.3 Å². The highest BCUT2D eigenvalue weighted by molar-refractivity contribution is 7.89. The van der Waals surface area contributed by atoms with E-state index in [-0.39, 0.29) is 18.0 Å². The average Bonchev–Trinajstić information content (AvgIpc) is 2.63. The Hall–Kier alpha value is -2.65. The topological polar surface area (TPSA) is 59.5 Å². The Balaban J connectivity index is 1.45. The Labute approximate surface area is 159 Å². The fourth-order valence-corrected chi connectivity index (χ4v) is 4.49. The van der Waals surface area contributed by atoms with E-state index in [9.17, 15) is 21.6 Å². The van der Waals surface area contributed by atoms with Gasteiger partial charge in [0.1, 0.15) is 6.10 Å². The van der Waals surface area contributed by atoms with Crippen molar-refractivity contribution in [2.45, 2.75) is 17.2 Å². The first-order valence-electron chi connectivity index (χ1n) is 8.43. The molecular formula is C19H15F3N2O3S. The summed E-state index contributed by atoms with van der Waals surface area (Å²) in [4.78, 5) is 3.98. The van der Waals surface area contributed by atoms with Crippen molar-refractivity contribution in [1.82, 2.24) is 9.29 Å². The second-order valence-corrected chi connectivity index (χ2v) is 8.37. The van der Waals surface area contributed by atoms with Crippen molar-refractivity contribution in [3.8, 4) is 5.88 Å². The Kier molecular flexibility index (Phi) is 4.51. The molecule has 146 valence electrons. The SMILES string of the molecule is O=S(=O)(c1cccc(C(F)(F)F)c1)N1CC(Oc2ccc3ccccc3n2)C1. The number of nitrogens with zero attached hydrogens (tertiary/aromatic N) is 2. The number of sulfonamides is 1. The van der Waals surface area contributed by atoms with Crippen LogP contribution in [0.5, 0.6) is 5.88 Å². The van der Waals surface area contributed by atoms with Crippen LogP contribution in [0.4, 0.5) is 13.2 Å². The number of pyridine rings is 1. The van der Waals surface area contributed by atoms with Gasteiger partial charge in [-0.1, -0.05) is 24.3 Å². The van der Waals surface area contributed by atoms with Crippen LogP contribution < -0.4 is 4.74 Å². The van der Waals surface area contributed by atoms with Gasteiger partial charge in [0.05, 0.1) is 29.1 Å². The number of para-hydroxylation sites is 1. The second-order valence-electron chi connectivity index (χ2n) is 6.43. The summed E-state index contributed by atoms with van der Waals surface area (Å²) in [6.07, 6.45) is -5.01. The number of ether oxygens (including phenoxy) is 1. The maximum atomic E-state index is 12.8. The van der Waals surface area contributed by atoms with E-state index in [4.69, 9.17) is 4.74 Å². The van der Waals surface area contributed by atoms with Crippen molar-refractivity contribution in [2.75, 3.05) is 13.1 Å². The van der Waals surface area contributed by atoms with E-state index in [1.165, 1.54) is 0 Å². The molecule has 2 aromatic carbocycles. The molecule has 28 heavy (non-hydrogen) atoms. The van der Waals surface area contributed by atoms with E-state index in [1.807, 2.05) is 30.3 Å². The maximum absolute atomic E-state index is 12.8. The van der Waals surface area contributed by atoms with Crippen LogP contribution in [0.2, 0.25) is 0 Å². The van der Waals surface area contributed by atoms with Crippen molar-refractivity contribution < 1.29 is 26.3 Å². The molecule has 0 aliphatic carbocycles. The summed E-state index contributed by atoms with van der Waals surface area (Å²) in [6, 6.07) is 14.8. The molecule has 0 spiro atoms. The summed E-state index contributed by atoms with van der Waals surface area (Å²) in [5, 5.41) is 0.956. The van der Waals surface area contributed by atoms with Crippen LogP contribution >= 0.6 is 0 Å². The molecule has 4 rings (SSSR count). The Bertz CT molecular complexity index is 1130. The second kappa shape index (κ2) is 6.75.